The van der Waals surface area contributed by atoms with E-state index in [1.54, 1.807) is 18.4 Å². The fourth-order valence-corrected chi connectivity index (χ4v) is 3.81. The Labute approximate surface area is 185 Å². The number of anilines is 1. The zero-order chi connectivity index (χ0) is 22.3. The average Bonchev–Trinajstić information content (AvgIpc) is 3.52. The molecule has 32 heavy (non-hydrogen) atoms. The molecule has 1 amide bonds. The third-order valence-corrected chi connectivity index (χ3v) is 5.42. The van der Waals surface area contributed by atoms with Gasteiger partial charge in [-0.25, -0.2) is 0 Å². The second kappa shape index (κ2) is 10.1. The van der Waals surface area contributed by atoms with Crippen molar-refractivity contribution in [2.24, 2.45) is 0 Å². The number of furan rings is 1. The molecule has 1 aromatic heterocycles. The lowest BCUT2D eigenvalue weighted by Crippen LogP contribution is -2.24. The van der Waals surface area contributed by atoms with Crippen molar-refractivity contribution >= 4 is 17.3 Å². The summed E-state index contributed by atoms with van der Waals surface area (Å²) >= 11 is 0. The quantitative estimate of drug-likeness (QED) is 0.394. The number of amides is 1. The Bertz CT molecular complexity index is 1070. The fraction of sp³-hybridized carbons (Fsp3) is 0.292. The van der Waals surface area contributed by atoms with Crippen LogP contribution in [0.25, 0.3) is 0 Å². The highest BCUT2D eigenvalue weighted by molar-refractivity contribution is 5.95. The summed E-state index contributed by atoms with van der Waals surface area (Å²) in [4.78, 5) is 25.8. The Kier molecular flexibility index (Phi) is 6.81. The molecular formula is C24H25N3O5. The number of carbonyl (C=O) groups excluding carboxylic acids is 1. The molecule has 8 nitrogen and oxygen atoms in total. The smallest absolute Gasteiger partial charge is 0.293 e. The third-order valence-electron chi connectivity index (χ3n) is 5.42. The van der Waals surface area contributed by atoms with Crippen molar-refractivity contribution in [3.8, 4) is 0 Å². The summed E-state index contributed by atoms with van der Waals surface area (Å²) in [5.41, 5.74) is 2.72. The van der Waals surface area contributed by atoms with Crippen molar-refractivity contribution in [3.05, 3.63) is 93.4 Å². The minimum Gasteiger partial charge on any atom is -0.467 e. The van der Waals surface area contributed by atoms with Crippen LogP contribution in [0.2, 0.25) is 0 Å². The number of rotatable bonds is 9. The van der Waals surface area contributed by atoms with Gasteiger partial charge in [0, 0.05) is 31.3 Å². The van der Waals surface area contributed by atoms with Gasteiger partial charge in [-0.15, -0.1) is 0 Å². The fourth-order valence-electron chi connectivity index (χ4n) is 3.81. The van der Waals surface area contributed by atoms with Gasteiger partial charge in [-0.3, -0.25) is 14.9 Å². The normalized spacial score (nSPS) is 13.3. The first-order valence-electron chi connectivity index (χ1n) is 10.6. The second-order valence-electron chi connectivity index (χ2n) is 7.73. The van der Waals surface area contributed by atoms with Crippen molar-refractivity contribution in [1.82, 2.24) is 5.32 Å². The number of carbonyl (C=O) groups is 1. The van der Waals surface area contributed by atoms with Crippen molar-refractivity contribution < 1.29 is 18.9 Å². The molecule has 8 heteroatoms. The van der Waals surface area contributed by atoms with E-state index in [1.807, 2.05) is 41.3 Å². The van der Waals surface area contributed by atoms with E-state index in [0.29, 0.717) is 25.4 Å². The summed E-state index contributed by atoms with van der Waals surface area (Å²) in [6.07, 6.45) is 3.65. The van der Waals surface area contributed by atoms with E-state index in [1.165, 1.54) is 6.07 Å². The molecule has 0 radical (unpaired) electrons. The number of nitro benzene ring substituents is 1. The van der Waals surface area contributed by atoms with E-state index in [9.17, 15) is 14.9 Å². The number of nitro groups is 1. The van der Waals surface area contributed by atoms with Gasteiger partial charge in [-0.1, -0.05) is 24.3 Å². The van der Waals surface area contributed by atoms with Crippen LogP contribution in [-0.4, -0.2) is 23.9 Å². The van der Waals surface area contributed by atoms with Crippen LogP contribution in [0, 0.1) is 10.1 Å². The van der Waals surface area contributed by atoms with Gasteiger partial charge >= 0.3 is 0 Å². The molecule has 0 spiro atoms. The first-order valence-corrected chi connectivity index (χ1v) is 10.6. The summed E-state index contributed by atoms with van der Waals surface area (Å²) in [5, 5.41) is 14.4. The maximum atomic E-state index is 12.6. The highest BCUT2D eigenvalue weighted by atomic mass is 16.6. The van der Waals surface area contributed by atoms with Crippen LogP contribution in [0.3, 0.4) is 0 Å². The second-order valence-corrected chi connectivity index (χ2v) is 7.73. The monoisotopic (exact) mass is 435 g/mol. The summed E-state index contributed by atoms with van der Waals surface area (Å²) in [7, 11) is 0. The Hall–Kier alpha value is -3.65. The zero-order valence-electron chi connectivity index (χ0n) is 17.7. The summed E-state index contributed by atoms with van der Waals surface area (Å²) in [5.74, 6) is 0.416. The Balaban J connectivity index is 1.36. The van der Waals surface area contributed by atoms with Crippen molar-refractivity contribution in [3.63, 3.8) is 0 Å². The van der Waals surface area contributed by atoms with Gasteiger partial charge in [0.25, 0.3) is 11.6 Å². The van der Waals surface area contributed by atoms with Gasteiger partial charge in [0.1, 0.15) is 18.1 Å². The number of hydrogen-bond acceptors (Lipinski definition) is 6. The van der Waals surface area contributed by atoms with Crippen LogP contribution in [0.1, 0.15) is 40.1 Å². The minimum absolute atomic E-state index is 0.0322. The Morgan fingerprint density at radius 2 is 1.88 bits per heavy atom. The lowest BCUT2D eigenvalue weighted by atomic mass is 10.1. The van der Waals surface area contributed by atoms with E-state index >= 15 is 0 Å². The molecule has 0 unspecified atom stereocenters. The van der Waals surface area contributed by atoms with Crippen LogP contribution < -0.4 is 10.2 Å². The molecule has 3 aromatic rings. The lowest BCUT2D eigenvalue weighted by Gasteiger charge is -2.17. The van der Waals surface area contributed by atoms with Crippen LogP contribution in [0.15, 0.2) is 65.3 Å². The van der Waals surface area contributed by atoms with E-state index in [4.69, 9.17) is 9.15 Å². The molecule has 166 valence electrons. The molecule has 0 aliphatic carbocycles. The van der Waals surface area contributed by atoms with E-state index < -0.39 is 4.92 Å². The summed E-state index contributed by atoms with van der Waals surface area (Å²) < 4.78 is 10.9. The number of benzene rings is 2. The number of nitrogens with zero attached hydrogens (tertiary/aromatic N) is 2. The molecule has 0 saturated carbocycles. The van der Waals surface area contributed by atoms with Crippen LogP contribution in [-0.2, 0) is 24.5 Å². The van der Waals surface area contributed by atoms with Gasteiger partial charge in [0.05, 0.1) is 17.8 Å². The van der Waals surface area contributed by atoms with Crippen molar-refractivity contribution in [2.45, 2.75) is 32.6 Å². The molecule has 1 aliphatic rings. The highest BCUT2D eigenvalue weighted by Crippen LogP contribution is 2.31. The van der Waals surface area contributed by atoms with Gasteiger partial charge in [-0.2, -0.15) is 0 Å². The van der Waals surface area contributed by atoms with Gasteiger partial charge in [0.2, 0.25) is 0 Å². The van der Waals surface area contributed by atoms with Gasteiger partial charge in [0.15, 0.2) is 0 Å². The average molecular weight is 435 g/mol. The van der Waals surface area contributed by atoms with Crippen LogP contribution in [0.4, 0.5) is 11.4 Å². The molecule has 2 heterocycles. The largest absolute Gasteiger partial charge is 0.467 e. The molecule has 1 saturated heterocycles. The van der Waals surface area contributed by atoms with E-state index in [-0.39, 0.29) is 17.2 Å². The first-order chi connectivity index (χ1) is 15.6. The molecule has 2 aromatic carbocycles. The van der Waals surface area contributed by atoms with Crippen LogP contribution in [0.5, 0.6) is 0 Å². The third kappa shape index (κ3) is 5.33. The Morgan fingerprint density at radius 1 is 1.06 bits per heavy atom. The Morgan fingerprint density at radius 3 is 2.62 bits per heavy atom. The number of ether oxygens (including phenoxy) is 1. The maximum Gasteiger partial charge on any atom is 0.293 e. The SMILES string of the molecule is O=C(NCc1cccc(COCc2ccco2)c1)c1ccc(N2CCCC2)c([N+](=O)[O-])c1. The van der Waals surface area contributed by atoms with Gasteiger partial charge in [-0.05, 0) is 48.2 Å². The zero-order valence-corrected chi connectivity index (χ0v) is 17.7. The number of hydrogen-bond donors (Lipinski definition) is 1. The summed E-state index contributed by atoms with van der Waals surface area (Å²) in [6, 6.07) is 16.1. The topological polar surface area (TPSA) is 97.8 Å². The molecule has 0 bridgehead atoms. The predicted octanol–water partition coefficient (Wildman–Crippen LogP) is 4.43. The molecule has 1 aliphatic heterocycles. The lowest BCUT2D eigenvalue weighted by molar-refractivity contribution is -0.384. The first kappa shape index (κ1) is 21.6. The van der Waals surface area contributed by atoms with E-state index in [0.717, 1.165) is 42.8 Å². The molecular weight excluding hydrogens is 410 g/mol. The summed E-state index contributed by atoms with van der Waals surface area (Å²) in [6.45, 7) is 2.72. The molecule has 0 atom stereocenters. The minimum atomic E-state index is -0.420. The molecule has 4 rings (SSSR count). The number of nitrogens with one attached hydrogen (secondary N) is 1. The molecule has 1 fully saturated rings. The van der Waals surface area contributed by atoms with Crippen molar-refractivity contribution in [1.29, 1.82) is 0 Å². The predicted molar refractivity (Wildman–Crippen MR) is 119 cm³/mol. The van der Waals surface area contributed by atoms with Crippen LogP contribution >= 0.6 is 0 Å². The molecule has 1 N–H and O–H groups in total. The van der Waals surface area contributed by atoms with Crippen molar-refractivity contribution in [2.75, 3.05) is 18.0 Å². The highest BCUT2D eigenvalue weighted by Gasteiger charge is 2.23. The maximum absolute atomic E-state index is 12.6. The standard InChI is InChI=1S/C24H25N3O5/c28-24(20-8-9-22(23(14-20)27(29)30)26-10-1-2-11-26)25-15-18-5-3-6-19(13-18)16-31-17-21-7-4-12-32-21/h3-9,12-14H,1-2,10-11,15-17H2,(H,25,28). The van der Waals surface area contributed by atoms with E-state index in [2.05, 4.69) is 5.32 Å². The van der Waals surface area contributed by atoms with Gasteiger partial charge < -0.3 is 19.4 Å².